The maximum Gasteiger partial charge on any atom is 0.323 e. The van der Waals surface area contributed by atoms with Crippen LogP contribution in [0.15, 0.2) is 83.8 Å². The highest BCUT2D eigenvalue weighted by molar-refractivity contribution is 6.04. The average molecular weight is 394 g/mol. The fraction of sp³-hybridized carbons (Fsp3) is 0.174. The average Bonchev–Trinajstić information content (AvgIpc) is 2.74. The minimum atomic E-state index is -1.13. The van der Waals surface area contributed by atoms with Crippen LogP contribution in [0.1, 0.15) is 29.8 Å². The highest BCUT2D eigenvalue weighted by atomic mass is 16.4. The van der Waals surface area contributed by atoms with Crippen molar-refractivity contribution in [3.05, 3.63) is 100 Å². The number of hydrogen-bond acceptors (Lipinski definition) is 3. The number of aromatic nitrogens is 1. The van der Waals surface area contributed by atoms with Gasteiger partial charge in [0.05, 0.1) is 0 Å². The third-order valence-electron chi connectivity index (χ3n) is 3.55. The zero-order valence-corrected chi connectivity index (χ0v) is 16.8. The summed E-state index contributed by atoms with van der Waals surface area (Å²) in [5, 5.41) is 11.2. The smallest absolute Gasteiger partial charge is 0.323 e. The molecule has 2 aromatic carbocycles. The summed E-state index contributed by atoms with van der Waals surface area (Å²) in [5.74, 6) is -1.55. The van der Waals surface area contributed by atoms with Gasteiger partial charge in [-0.3, -0.25) is 14.4 Å². The second-order valence-electron chi connectivity index (χ2n) is 5.72. The molecule has 3 aromatic rings. The summed E-state index contributed by atoms with van der Waals surface area (Å²) < 4.78 is 1.02. The summed E-state index contributed by atoms with van der Waals surface area (Å²) in [6, 6.07) is 21.6. The molecule has 29 heavy (non-hydrogen) atoms. The minimum Gasteiger partial charge on any atom is -0.480 e. The van der Waals surface area contributed by atoms with Crippen molar-refractivity contribution >= 4 is 17.6 Å². The van der Waals surface area contributed by atoms with Crippen molar-refractivity contribution in [2.75, 3.05) is 5.32 Å². The van der Waals surface area contributed by atoms with Gasteiger partial charge in [-0.1, -0.05) is 67.9 Å². The lowest BCUT2D eigenvalue weighted by Gasteiger charge is -2.07. The highest BCUT2D eigenvalue weighted by Crippen LogP contribution is 2.04. The van der Waals surface area contributed by atoms with Crippen LogP contribution >= 0.6 is 0 Å². The number of carboxylic acid groups (broad SMARTS) is 1. The van der Waals surface area contributed by atoms with E-state index in [0.717, 1.165) is 4.57 Å². The van der Waals surface area contributed by atoms with Gasteiger partial charge in [-0.2, -0.15) is 0 Å². The van der Waals surface area contributed by atoms with E-state index in [-0.39, 0.29) is 5.69 Å². The van der Waals surface area contributed by atoms with Crippen molar-refractivity contribution in [1.82, 2.24) is 4.57 Å². The molecule has 0 saturated carbocycles. The van der Waals surface area contributed by atoms with Crippen LogP contribution in [0.4, 0.5) is 5.69 Å². The lowest BCUT2D eigenvalue weighted by atomic mass is 10.2. The van der Waals surface area contributed by atoms with E-state index in [1.54, 1.807) is 30.3 Å². The van der Waals surface area contributed by atoms with Gasteiger partial charge in [-0.15, -0.1) is 0 Å². The van der Waals surface area contributed by atoms with Crippen LogP contribution in [0.3, 0.4) is 0 Å². The molecule has 1 amide bonds. The predicted octanol–water partition coefficient (Wildman–Crippen LogP) is 4.21. The molecule has 0 aliphatic rings. The van der Waals surface area contributed by atoms with E-state index in [4.69, 9.17) is 5.11 Å². The van der Waals surface area contributed by atoms with Crippen molar-refractivity contribution in [2.45, 2.75) is 27.3 Å². The number of hydrogen-bond donors (Lipinski definition) is 2. The monoisotopic (exact) mass is 394 g/mol. The molecular weight excluding hydrogens is 368 g/mol. The summed E-state index contributed by atoms with van der Waals surface area (Å²) >= 11 is 0. The van der Waals surface area contributed by atoms with Gasteiger partial charge in [0.15, 0.2) is 0 Å². The number of benzene rings is 2. The Balaban J connectivity index is 0.000000390. The number of carbonyl (C=O) groups excluding carboxylic acids is 1. The lowest BCUT2D eigenvalue weighted by molar-refractivity contribution is -0.137. The zero-order chi connectivity index (χ0) is 21.6. The molecule has 1 aromatic heterocycles. The summed E-state index contributed by atoms with van der Waals surface area (Å²) in [7, 11) is 0. The van der Waals surface area contributed by atoms with Crippen molar-refractivity contribution in [3.63, 3.8) is 0 Å². The van der Waals surface area contributed by atoms with Gasteiger partial charge in [-0.05, 0) is 31.2 Å². The van der Waals surface area contributed by atoms with Gasteiger partial charge < -0.3 is 15.0 Å². The van der Waals surface area contributed by atoms with Crippen LogP contribution in [-0.4, -0.2) is 21.6 Å². The van der Waals surface area contributed by atoms with E-state index < -0.39 is 24.0 Å². The topological polar surface area (TPSA) is 88.4 Å². The molecule has 3 rings (SSSR count). The Morgan fingerprint density at radius 3 is 1.93 bits per heavy atom. The number of aryl methyl sites for hydroxylation is 1. The second-order valence-corrected chi connectivity index (χ2v) is 5.72. The van der Waals surface area contributed by atoms with Gasteiger partial charge in [0.25, 0.3) is 11.5 Å². The summed E-state index contributed by atoms with van der Waals surface area (Å²) in [5.41, 5.74) is 1.23. The van der Waals surface area contributed by atoms with Crippen LogP contribution in [0, 0.1) is 6.92 Å². The molecule has 1 heterocycles. The quantitative estimate of drug-likeness (QED) is 0.694. The Labute approximate surface area is 170 Å². The molecule has 0 atom stereocenters. The van der Waals surface area contributed by atoms with Crippen LogP contribution in [0.25, 0.3) is 0 Å². The number of carboxylic acids is 1. The Morgan fingerprint density at radius 1 is 0.897 bits per heavy atom. The van der Waals surface area contributed by atoms with Gasteiger partial charge in [0.2, 0.25) is 0 Å². The Hall–Kier alpha value is -3.67. The first-order chi connectivity index (χ1) is 14.0. The number of carbonyl (C=O) groups is 2. The molecule has 6 nitrogen and oxygen atoms in total. The first-order valence-corrected chi connectivity index (χ1v) is 9.26. The van der Waals surface area contributed by atoms with Crippen LogP contribution in [-0.2, 0) is 11.3 Å². The van der Waals surface area contributed by atoms with Crippen molar-refractivity contribution in [1.29, 1.82) is 0 Å². The van der Waals surface area contributed by atoms with E-state index in [0.29, 0.717) is 5.56 Å². The Bertz CT molecular complexity index is 951. The van der Waals surface area contributed by atoms with E-state index >= 15 is 0 Å². The normalized spacial score (nSPS) is 9.21. The minimum absolute atomic E-state index is 0.0441. The molecule has 0 bridgehead atoms. The van der Waals surface area contributed by atoms with Crippen LogP contribution in [0.5, 0.6) is 0 Å². The van der Waals surface area contributed by atoms with E-state index in [1.807, 2.05) is 32.0 Å². The summed E-state index contributed by atoms with van der Waals surface area (Å²) in [6.07, 6.45) is 1.36. The number of pyridine rings is 1. The molecule has 0 aliphatic heterocycles. The molecule has 0 unspecified atom stereocenters. The maximum absolute atomic E-state index is 12.0. The predicted molar refractivity (Wildman–Crippen MR) is 115 cm³/mol. The molecule has 0 fully saturated rings. The molecule has 6 heteroatoms. The fourth-order valence-corrected chi connectivity index (χ4v) is 2.22. The van der Waals surface area contributed by atoms with E-state index in [1.165, 1.54) is 23.9 Å². The van der Waals surface area contributed by atoms with Crippen molar-refractivity contribution < 1.29 is 14.7 Å². The SMILES string of the molecule is CC.Cc1ccccc1.O=C(O)Cn1cccc(NC(=O)c2ccccc2)c1=O. The molecular formula is C23H26N2O4. The number of rotatable bonds is 4. The third-order valence-corrected chi connectivity index (χ3v) is 3.55. The molecule has 0 aliphatic carbocycles. The fourth-order valence-electron chi connectivity index (χ4n) is 2.22. The summed E-state index contributed by atoms with van der Waals surface area (Å²) in [6.45, 7) is 5.63. The highest BCUT2D eigenvalue weighted by Gasteiger charge is 2.10. The number of amides is 1. The van der Waals surface area contributed by atoms with Crippen LogP contribution in [0.2, 0.25) is 0 Å². The largest absolute Gasteiger partial charge is 0.480 e. The number of aliphatic carboxylic acids is 1. The third kappa shape index (κ3) is 8.26. The molecule has 0 spiro atoms. The first kappa shape index (κ1) is 23.4. The molecule has 2 N–H and O–H groups in total. The van der Waals surface area contributed by atoms with Gasteiger partial charge in [0.1, 0.15) is 12.2 Å². The standard InChI is InChI=1S/C14H12N2O4.C7H8.C2H6/c17-12(18)9-16-8-4-7-11(14(16)20)15-13(19)10-5-2-1-3-6-10;1-7-5-3-2-4-6-7;1-2/h1-8H,9H2,(H,15,19)(H,17,18);2-6H,1H3;1-2H3. The molecule has 152 valence electrons. The van der Waals surface area contributed by atoms with E-state index in [2.05, 4.69) is 24.4 Å². The maximum atomic E-state index is 12.0. The second kappa shape index (κ2) is 12.7. The zero-order valence-electron chi connectivity index (χ0n) is 16.8. The number of nitrogens with one attached hydrogen (secondary N) is 1. The first-order valence-electron chi connectivity index (χ1n) is 9.26. The van der Waals surface area contributed by atoms with E-state index in [9.17, 15) is 14.4 Å². The summed E-state index contributed by atoms with van der Waals surface area (Å²) in [4.78, 5) is 34.5. The molecule has 0 saturated heterocycles. The number of anilines is 1. The van der Waals surface area contributed by atoms with Crippen LogP contribution < -0.4 is 10.9 Å². The van der Waals surface area contributed by atoms with Crippen molar-refractivity contribution in [3.8, 4) is 0 Å². The lowest BCUT2D eigenvalue weighted by Crippen LogP contribution is -2.27. The van der Waals surface area contributed by atoms with Gasteiger partial charge in [0, 0.05) is 11.8 Å². The van der Waals surface area contributed by atoms with Crippen molar-refractivity contribution in [2.24, 2.45) is 0 Å². The number of nitrogens with zero attached hydrogens (tertiary/aromatic N) is 1. The Kier molecular flexibility index (Phi) is 10.2. The Morgan fingerprint density at radius 2 is 1.45 bits per heavy atom. The molecule has 0 radical (unpaired) electrons. The van der Waals surface area contributed by atoms with Gasteiger partial charge in [-0.25, -0.2) is 0 Å². The van der Waals surface area contributed by atoms with Gasteiger partial charge >= 0.3 is 5.97 Å².